The summed E-state index contributed by atoms with van der Waals surface area (Å²) in [6.07, 6.45) is 4.45. The maximum atomic E-state index is 5.33. The number of nitrogens with zero attached hydrogens (tertiary/aromatic N) is 3. The fourth-order valence-electron chi connectivity index (χ4n) is 3.77. The van der Waals surface area contributed by atoms with Crippen LogP contribution in [0.5, 0.6) is 5.75 Å². The van der Waals surface area contributed by atoms with Crippen LogP contribution in [-0.4, -0.2) is 55.7 Å². The molecule has 30 heavy (non-hydrogen) atoms. The van der Waals surface area contributed by atoms with E-state index in [1.165, 1.54) is 23.4 Å². The number of ether oxygens (including phenoxy) is 1. The summed E-state index contributed by atoms with van der Waals surface area (Å²) in [6, 6.07) is 8.73. The van der Waals surface area contributed by atoms with Crippen molar-refractivity contribution in [2.45, 2.75) is 45.6 Å². The molecule has 2 N–H and O–H groups in total. The smallest absolute Gasteiger partial charge is 0.191 e. The Bertz CT molecular complexity index is 783. The lowest BCUT2D eigenvalue weighted by Gasteiger charge is -2.27. The second-order valence-corrected chi connectivity index (χ2v) is 8.46. The molecule has 1 aliphatic rings. The number of aliphatic imine (C=N–C) groups is 1. The number of methoxy groups -OCH3 is 1. The van der Waals surface area contributed by atoms with E-state index >= 15 is 0 Å². The molecular formula is C23H35N5OS. The quantitative estimate of drug-likeness (QED) is 0.446. The van der Waals surface area contributed by atoms with E-state index in [1.807, 2.05) is 12.1 Å². The molecule has 2 heterocycles. The summed E-state index contributed by atoms with van der Waals surface area (Å²) in [4.78, 5) is 12.1. The summed E-state index contributed by atoms with van der Waals surface area (Å²) in [5, 5.41) is 10.2. The van der Waals surface area contributed by atoms with Crippen LogP contribution >= 0.6 is 11.3 Å². The number of hydrogen-bond acceptors (Lipinski definition) is 5. The Morgan fingerprint density at radius 2 is 1.97 bits per heavy atom. The average molecular weight is 430 g/mol. The van der Waals surface area contributed by atoms with Gasteiger partial charge in [-0.15, -0.1) is 11.3 Å². The minimum atomic E-state index is 0.291. The summed E-state index contributed by atoms with van der Waals surface area (Å²) in [6.45, 7) is 8.94. The lowest BCUT2D eigenvalue weighted by Crippen LogP contribution is -2.39. The maximum Gasteiger partial charge on any atom is 0.191 e. The van der Waals surface area contributed by atoms with Gasteiger partial charge in [-0.05, 0) is 57.0 Å². The number of thiazole rings is 1. The fourth-order valence-corrected chi connectivity index (χ4v) is 4.54. The van der Waals surface area contributed by atoms with Crippen LogP contribution in [0, 0.1) is 0 Å². The second kappa shape index (κ2) is 11.9. The van der Waals surface area contributed by atoms with Crippen molar-refractivity contribution in [3.63, 3.8) is 0 Å². The largest absolute Gasteiger partial charge is 0.497 e. The molecule has 3 rings (SSSR count). The molecule has 0 aliphatic carbocycles. The molecule has 1 fully saturated rings. The van der Waals surface area contributed by atoms with E-state index in [-0.39, 0.29) is 0 Å². The topological polar surface area (TPSA) is 61.8 Å². The molecule has 164 valence electrons. The molecule has 1 unspecified atom stereocenters. The predicted molar refractivity (Wildman–Crippen MR) is 126 cm³/mol. The molecule has 1 aliphatic heterocycles. The second-order valence-electron chi connectivity index (χ2n) is 7.51. The minimum Gasteiger partial charge on any atom is -0.497 e. The van der Waals surface area contributed by atoms with Gasteiger partial charge in [-0.1, -0.05) is 19.1 Å². The minimum absolute atomic E-state index is 0.291. The van der Waals surface area contributed by atoms with Crippen LogP contribution in [0.25, 0.3) is 0 Å². The van der Waals surface area contributed by atoms with Crippen LogP contribution in [0.2, 0.25) is 0 Å². The molecule has 0 amide bonds. The molecule has 0 spiro atoms. The number of rotatable bonds is 10. The van der Waals surface area contributed by atoms with Gasteiger partial charge in [-0.2, -0.15) is 0 Å². The van der Waals surface area contributed by atoms with Gasteiger partial charge >= 0.3 is 0 Å². The van der Waals surface area contributed by atoms with Gasteiger partial charge in [0.05, 0.1) is 30.4 Å². The first-order valence-electron chi connectivity index (χ1n) is 11.1. The first kappa shape index (κ1) is 22.6. The Morgan fingerprint density at radius 1 is 1.20 bits per heavy atom. The van der Waals surface area contributed by atoms with Crippen molar-refractivity contribution in [2.24, 2.45) is 4.99 Å². The summed E-state index contributed by atoms with van der Waals surface area (Å²) in [7, 11) is 1.71. The van der Waals surface area contributed by atoms with Crippen LogP contribution in [0.4, 0.5) is 0 Å². The third-order valence-corrected chi connectivity index (χ3v) is 6.47. The van der Waals surface area contributed by atoms with Crippen molar-refractivity contribution < 1.29 is 4.74 Å². The molecular weight excluding hydrogens is 394 g/mol. The molecule has 1 saturated heterocycles. The summed E-state index contributed by atoms with van der Waals surface area (Å²) in [5.74, 6) is 1.77. The van der Waals surface area contributed by atoms with E-state index < -0.39 is 0 Å². The Morgan fingerprint density at radius 3 is 2.60 bits per heavy atom. The van der Waals surface area contributed by atoms with E-state index in [1.54, 1.807) is 18.4 Å². The zero-order valence-corrected chi connectivity index (χ0v) is 19.3. The first-order valence-corrected chi connectivity index (χ1v) is 11.9. The average Bonchev–Trinajstić information content (AvgIpc) is 3.46. The number of hydrogen-bond donors (Lipinski definition) is 2. The Kier molecular flexibility index (Phi) is 8.96. The number of benzene rings is 1. The maximum absolute atomic E-state index is 5.33. The molecule has 0 saturated carbocycles. The van der Waals surface area contributed by atoms with E-state index in [9.17, 15) is 0 Å². The lowest BCUT2D eigenvalue weighted by molar-refractivity contribution is 0.251. The Balaban J connectivity index is 1.63. The van der Waals surface area contributed by atoms with Crippen molar-refractivity contribution in [3.05, 3.63) is 45.9 Å². The van der Waals surface area contributed by atoms with Gasteiger partial charge in [-0.3, -0.25) is 9.89 Å². The SMILES string of the molecule is CCNC(=NCC(c1ccc(OC)cc1)N1CCCC1)NCCc1csc(CC)n1. The molecule has 2 aromatic rings. The van der Waals surface area contributed by atoms with Crippen LogP contribution in [-0.2, 0) is 12.8 Å². The molecule has 6 nitrogen and oxygen atoms in total. The van der Waals surface area contributed by atoms with Crippen LogP contribution in [0.3, 0.4) is 0 Å². The molecule has 0 bridgehead atoms. The monoisotopic (exact) mass is 429 g/mol. The number of guanidine groups is 1. The molecule has 1 aromatic carbocycles. The predicted octanol–water partition coefficient (Wildman–Crippen LogP) is 3.65. The fraction of sp³-hybridized carbons (Fsp3) is 0.565. The zero-order valence-electron chi connectivity index (χ0n) is 18.5. The van der Waals surface area contributed by atoms with Gasteiger partial charge in [0.15, 0.2) is 5.96 Å². The lowest BCUT2D eigenvalue weighted by atomic mass is 10.1. The van der Waals surface area contributed by atoms with Crippen molar-refractivity contribution in [1.82, 2.24) is 20.5 Å². The van der Waals surface area contributed by atoms with E-state index in [0.29, 0.717) is 6.04 Å². The van der Waals surface area contributed by atoms with Crippen molar-refractivity contribution in [3.8, 4) is 5.75 Å². The number of aromatic nitrogens is 1. The van der Waals surface area contributed by atoms with Crippen LogP contribution in [0.1, 0.15) is 49.0 Å². The zero-order chi connectivity index (χ0) is 21.2. The number of aryl methyl sites for hydroxylation is 1. The highest BCUT2D eigenvalue weighted by molar-refractivity contribution is 7.09. The first-order chi connectivity index (χ1) is 14.7. The highest BCUT2D eigenvalue weighted by Crippen LogP contribution is 2.27. The van der Waals surface area contributed by atoms with Gasteiger partial charge in [-0.25, -0.2) is 4.98 Å². The summed E-state index contributed by atoms with van der Waals surface area (Å²) < 4.78 is 5.33. The third kappa shape index (κ3) is 6.44. The van der Waals surface area contributed by atoms with Gasteiger partial charge < -0.3 is 15.4 Å². The van der Waals surface area contributed by atoms with E-state index in [2.05, 4.69) is 51.9 Å². The number of nitrogens with one attached hydrogen (secondary N) is 2. The Hall–Kier alpha value is -2.12. The number of likely N-dealkylation sites (tertiary alicyclic amines) is 1. The van der Waals surface area contributed by atoms with E-state index in [0.717, 1.165) is 63.0 Å². The highest BCUT2D eigenvalue weighted by atomic mass is 32.1. The highest BCUT2D eigenvalue weighted by Gasteiger charge is 2.23. The van der Waals surface area contributed by atoms with Crippen LogP contribution < -0.4 is 15.4 Å². The van der Waals surface area contributed by atoms with Crippen molar-refractivity contribution >= 4 is 17.3 Å². The Labute approximate surface area is 184 Å². The third-order valence-electron chi connectivity index (χ3n) is 5.42. The molecule has 1 atom stereocenters. The van der Waals surface area contributed by atoms with E-state index in [4.69, 9.17) is 9.73 Å². The molecule has 0 radical (unpaired) electrons. The normalized spacial score (nSPS) is 15.9. The van der Waals surface area contributed by atoms with Gasteiger partial charge in [0, 0.05) is 24.9 Å². The summed E-state index contributed by atoms with van der Waals surface area (Å²) >= 11 is 1.75. The van der Waals surface area contributed by atoms with Crippen LogP contribution in [0.15, 0.2) is 34.6 Å². The van der Waals surface area contributed by atoms with Crippen molar-refractivity contribution in [2.75, 3.05) is 39.8 Å². The molecule has 7 heteroatoms. The summed E-state index contributed by atoms with van der Waals surface area (Å²) in [5.41, 5.74) is 2.46. The standard InChI is InChI=1S/C23H35N5OS/c1-4-22-27-19(17-30-22)12-13-25-23(24-5-2)26-16-21(28-14-6-7-15-28)18-8-10-20(29-3)11-9-18/h8-11,17,21H,4-7,12-16H2,1-3H3,(H2,24,25,26). The molecule has 1 aromatic heterocycles. The van der Waals surface area contributed by atoms with Crippen molar-refractivity contribution in [1.29, 1.82) is 0 Å². The van der Waals surface area contributed by atoms with Gasteiger partial charge in [0.1, 0.15) is 5.75 Å². The van der Waals surface area contributed by atoms with Gasteiger partial charge in [0.2, 0.25) is 0 Å². The van der Waals surface area contributed by atoms with Gasteiger partial charge in [0.25, 0.3) is 0 Å².